The van der Waals surface area contributed by atoms with E-state index in [4.69, 9.17) is 0 Å². The second kappa shape index (κ2) is 9.29. The zero-order valence-corrected chi connectivity index (χ0v) is 22.0. The average Bonchev–Trinajstić information content (AvgIpc) is 3.02. The SMILES string of the molecule is C1=CC(Nc2cccc3ccccc23)=C2C=CC3=CC=C(N(c4ccccc4)c4ccccc4)C4=CC=C1C2[C@@H]34. The van der Waals surface area contributed by atoms with Crippen LogP contribution in [-0.2, 0) is 0 Å². The van der Waals surface area contributed by atoms with Crippen LogP contribution < -0.4 is 10.2 Å². The number of rotatable bonds is 5. The van der Waals surface area contributed by atoms with E-state index >= 15 is 0 Å². The number of benzene rings is 4. The Labute approximate surface area is 235 Å². The Balaban J connectivity index is 1.23. The van der Waals surface area contributed by atoms with Crippen molar-refractivity contribution in [1.82, 2.24) is 0 Å². The molecule has 0 amide bonds. The van der Waals surface area contributed by atoms with Gasteiger partial charge in [-0.25, -0.2) is 0 Å². The molecule has 2 heteroatoms. The fraction of sp³-hybridized carbons (Fsp3) is 0.0526. The summed E-state index contributed by atoms with van der Waals surface area (Å²) in [6.45, 7) is 0. The fourth-order valence-corrected chi connectivity index (χ4v) is 6.64. The van der Waals surface area contributed by atoms with Crippen LogP contribution in [0.5, 0.6) is 0 Å². The molecule has 4 aromatic rings. The van der Waals surface area contributed by atoms with E-state index in [1.165, 1.54) is 44.5 Å². The molecular formula is C38H28N2. The monoisotopic (exact) mass is 512 g/mol. The van der Waals surface area contributed by atoms with Crippen LogP contribution in [0.3, 0.4) is 0 Å². The highest BCUT2D eigenvalue weighted by atomic mass is 15.2. The summed E-state index contributed by atoms with van der Waals surface area (Å²) in [4.78, 5) is 2.40. The predicted octanol–water partition coefficient (Wildman–Crippen LogP) is 9.41. The molecule has 0 saturated heterocycles. The van der Waals surface area contributed by atoms with Crippen molar-refractivity contribution in [2.75, 3.05) is 10.2 Å². The Morgan fingerprint density at radius 2 is 1.18 bits per heavy atom. The summed E-state index contributed by atoms with van der Waals surface area (Å²) < 4.78 is 0. The summed E-state index contributed by atoms with van der Waals surface area (Å²) in [5, 5.41) is 6.30. The van der Waals surface area contributed by atoms with Crippen molar-refractivity contribution in [1.29, 1.82) is 0 Å². The van der Waals surface area contributed by atoms with Crippen LogP contribution in [0.25, 0.3) is 10.8 Å². The molecule has 8 rings (SSSR count). The third-order valence-corrected chi connectivity index (χ3v) is 8.44. The molecule has 4 aliphatic carbocycles. The molecule has 190 valence electrons. The molecule has 2 nitrogen and oxygen atoms in total. The van der Waals surface area contributed by atoms with Gasteiger partial charge in [0.1, 0.15) is 0 Å². The third-order valence-electron chi connectivity index (χ3n) is 8.44. The van der Waals surface area contributed by atoms with E-state index in [0.717, 1.165) is 17.1 Å². The molecule has 40 heavy (non-hydrogen) atoms. The summed E-state index contributed by atoms with van der Waals surface area (Å²) >= 11 is 0. The van der Waals surface area contributed by atoms with E-state index in [2.05, 4.69) is 162 Å². The average molecular weight is 513 g/mol. The molecule has 0 aromatic heterocycles. The van der Waals surface area contributed by atoms with Crippen LogP contribution >= 0.6 is 0 Å². The highest BCUT2D eigenvalue weighted by Gasteiger charge is 2.41. The van der Waals surface area contributed by atoms with Crippen molar-refractivity contribution in [2.45, 2.75) is 0 Å². The Kier molecular flexibility index (Phi) is 5.31. The van der Waals surface area contributed by atoms with Crippen LogP contribution in [0.1, 0.15) is 0 Å². The maximum atomic E-state index is 3.81. The predicted molar refractivity (Wildman–Crippen MR) is 167 cm³/mol. The standard InChI is InChI=1S/C38H28N2/c1-3-12-29(13-4-1)40(30-14-5-2-6-15-30)36-25-21-28-18-22-32-35(24-20-27-19-23-33(36)38(28)37(27)32)39-34-17-9-11-26-10-7-8-16-31(26)34/h1-25,37-39H/t37?,38-/m0/s1. The Hall–Kier alpha value is -5.08. The highest BCUT2D eigenvalue weighted by Crippen LogP contribution is 2.52. The van der Waals surface area contributed by atoms with Gasteiger partial charge >= 0.3 is 0 Å². The van der Waals surface area contributed by atoms with Gasteiger partial charge in [0.15, 0.2) is 0 Å². The summed E-state index contributed by atoms with van der Waals surface area (Å²) in [6.07, 6.45) is 18.5. The zero-order chi connectivity index (χ0) is 26.5. The van der Waals surface area contributed by atoms with E-state index in [1.807, 2.05) is 0 Å². The summed E-state index contributed by atoms with van der Waals surface area (Å²) in [6, 6.07) is 36.5. The van der Waals surface area contributed by atoms with Crippen molar-refractivity contribution < 1.29 is 0 Å². The first-order valence-electron chi connectivity index (χ1n) is 13.9. The number of nitrogens with one attached hydrogen (secondary N) is 1. The minimum Gasteiger partial charge on any atom is -0.355 e. The number of para-hydroxylation sites is 2. The van der Waals surface area contributed by atoms with Crippen LogP contribution in [-0.4, -0.2) is 0 Å². The quantitative estimate of drug-likeness (QED) is 0.286. The number of allylic oxidation sites excluding steroid dienone is 12. The molecule has 0 spiro atoms. The van der Waals surface area contributed by atoms with Gasteiger partial charge in [-0.2, -0.15) is 0 Å². The van der Waals surface area contributed by atoms with Gasteiger partial charge in [-0.05, 0) is 70.2 Å². The lowest BCUT2D eigenvalue weighted by molar-refractivity contribution is 0.553. The number of anilines is 3. The second-order valence-corrected chi connectivity index (χ2v) is 10.7. The topological polar surface area (TPSA) is 15.3 Å². The van der Waals surface area contributed by atoms with Crippen molar-refractivity contribution in [2.24, 2.45) is 11.8 Å². The molecule has 0 radical (unpaired) electrons. The molecule has 1 unspecified atom stereocenters. The van der Waals surface area contributed by atoms with Crippen LogP contribution in [0.4, 0.5) is 17.1 Å². The number of hydrogen-bond donors (Lipinski definition) is 1. The molecule has 0 heterocycles. The van der Waals surface area contributed by atoms with Crippen molar-refractivity contribution in [3.05, 3.63) is 185 Å². The van der Waals surface area contributed by atoms with Crippen LogP contribution in [0, 0.1) is 11.8 Å². The highest BCUT2D eigenvalue weighted by molar-refractivity contribution is 5.94. The molecule has 1 N–H and O–H groups in total. The zero-order valence-electron chi connectivity index (χ0n) is 22.0. The van der Waals surface area contributed by atoms with Crippen molar-refractivity contribution >= 4 is 27.8 Å². The van der Waals surface area contributed by atoms with Gasteiger partial charge in [0.25, 0.3) is 0 Å². The number of hydrogen-bond acceptors (Lipinski definition) is 2. The molecule has 0 saturated carbocycles. The number of nitrogens with zero attached hydrogens (tertiary/aromatic N) is 1. The normalized spacial score (nSPS) is 20.3. The lowest BCUT2D eigenvalue weighted by atomic mass is 9.63. The molecule has 4 aromatic carbocycles. The van der Waals surface area contributed by atoms with Crippen molar-refractivity contribution in [3.63, 3.8) is 0 Å². The van der Waals surface area contributed by atoms with Gasteiger partial charge in [-0.15, -0.1) is 0 Å². The largest absolute Gasteiger partial charge is 0.355 e. The van der Waals surface area contributed by atoms with Gasteiger partial charge in [-0.3, -0.25) is 0 Å². The molecule has 0 fully saturated rings. The first kappa shape index (κ1) is 22.9. The van der Waals surface area contributed by atoms with E-state index in [9.17, 15) is 0 Å². The van der Waals surface area contributed by atoms with Gasteiger partial charge < -0.3 is 10.2 Å². The molecule has 0 aliphatic heterocycles. The lowest BCUT2D eigenvalue weighted by Gasteiger charge is -2.44. The second-order valence-electron chi connectivity index (χ2n) is 10.7. The minimum absolute atomic E-state index is 0.268. The smallest absolute Gasteiger partial charge is 0.0500 e. The lowest BCUT2D eigenvalue weighted by Crippen LogP contribution is -2.34. The third kappa shape index (κ3) is 3.65. The van der Waals surface area contributed by atoms with Gasteiger partial charge in [0.05, 0.1) is 0 Å². The van der Waals surface area contributed by atoms with Crippen LogP contribution in [0.2, 0.25) is 0 Å². The van der Waals surface area contributed by atoms with E-state index in [1.54, 1.807) is 0 Å². The first-order chi connectivity index (χ1) is 19.8. The maximum absolute atomic E-state index is 3.81. The molecule has 2 atom stereocenters. The summed E-state index contributed by atoms with van der Waals surface area (Å²) in [5.41, 5.74) is 11.3. The number of fused-ring (bicyclic) bond motifs is 1. The Bertz CT molecular complexity index is 1820. The van der Waals surface area contributed by atoms with E-state index in [0.29, 0.717) is 0 Å². The fourth-order valence-electron chi connectivity index (χ4n) is 6.64. The van der Waals surface area contributed by atoms with E-state index in [-0.39, 0.29) is 11.8 Å². The Morgan fingerprint density at radius 1 is 0.525 bits per heavy atom. The minimum atomic E-state index is 0.268. The Morgan fingerprint density at radius 3 is 1.98 bits per heavy atom. The molecule has 0 bridgehead atoms. The van der Waals surface area contributed by atoms with E-state index < -0.39 is 0 Å². The van der Waals surface area contributed by atoms with Crippen molar-refractivity contribution in [3.8, 4) is 0 Å². The van der Waals surface area contributed by atoms with Gasteiger partial charge in [0.2, 0.25) is 0 Å². The maximum Gasteiger partial charge on any atom is 0.0500 e. The summed E-state index contributed by atoms with van der Waals surface area (Å²) in [7, 11) is 0. The summed E-state index contributed by atoms with van der Waals surface area (Å²) in [5.74, 6) is 0.542. The first-order valence-corrected chi connectivity index (χ1v) is 13.9. The molecule has 4 aliphatic rings. The van der Waals surface area contributed by atoms with Gasteiger partial charge in [0, 0.05) is 45.7 Å². The van der Waals surface area contributed by atoms with Gasteiger partial charge in [-0.1, -0.05) is 109 Å². The molecular weight excluding hydrogens is 484 g/mol. The van der Waals surface area contributed by atoms with Crippen LogP contribution in [0.15, 0.2) is 185 Å².